The van der Waals surface area contributed by atoms with Crippen LogP contribution in [0.25, 0.3) is 0 Å². The van der Waals surface area contributed by atoms with Crippen molar-refractivity contribution < 1.29 is 22.8 Å². The third-order valence-corrected chi connectivity index (χ3v) is 2.03. The molecule has 0 radical (unpaired) electrons. The Morgan fingerprint density at radius 2 is 2.00 bits per heavy atom. The van der Waals surface area contributed by atoms with Crippen LogP contribution in [-0.4, -0.2) is 25.2 Å². The number of hydrogen-bond acceptors (Lipinski definition) is 3. The van der Waals surface area contributed by atoms with E-state index in [9.17, 15) is 18.0 Å². The SMILES string of the molecule is CC(C)C[C@H](CN)CC(=O)NOCC(F)(F)F. The van der Waals surface area contributed by atoms with Gasteiger partial charge in [-0.05, 0) is 24.8 Å². The van der Waals surface area contributed by atoms with E-state index in [2.05, 4.69) is 4.84 Å². The third-order valence-electron chi connectivity index (χ3n) is 2.03. The van der Waals surface area contributed by atoms with Gasteiger partial charge in [-0.25, -0.2) is 5.48 Å². The molecular weight excluding hydrogens is 237 g/mol. The van der Waals surface area contributed by atoms with Gasteiger partial charge in [-0.2, -0.15) is 13.2 Å². The molecule has 1 atom stereocenters. The highest BCUT2D eigenvalue weighted by molar-refractivity contribution is 5.75. The number of rotatable bonds is 7. The molecular formula is C10H19F3N2O2. The van der Waals surface area contributed by atoms with E-state index in [0.717, 1.165) is 6.42 Å². The lowest BCUT2D eigenvalue weighted by atomic mass is 9.94. The van der Waals surface area contributed by atoms with Crippen molar-refractivity contribution in [2.45, 2.75) is 32.9 Å². The predicted molar refractivity (Wildman–Crippen MR) is 56.8 cm³/mol. The number of hydroxylamine groups is 1. The molecule has 3 N–H and O–H groups in total. The van der Waals surface area contributed by atoms with E-state index in [1.54, 1.807) is 5.48 Å². The molecule has 0 heterocycles. The summed E-state index contributed by atoms with van der Waals surface area (Å²) in [6.45, 7) is 2.81. The van der Waals surface area contributed by atoms with Gasteiger partial charge in [-0.1, -0.05) is 13.8 Å². The first kappa shape index (κ1) is 16.2. The molecule has 0 aromatic carbocycles. The van der Waals surface area contributed by atoms with E-state index < -0.39 is 18.7 Å². The average molecular weight is 256 g/mol. The zero-order valence-electron chi connectivity index (χ0n) is 10.0. The van der Waals surface area contributed by atoms with Crippen LogP contribution in [0.2, 0.25) is 0 Å². The van der Waals surface area contributed by atoms with Crippen molar-refractivity contribution in [2.75, 3.05) is 13.2 Å². The van der Waals surface area contributed by atoms with Gasteiger partial charge >= 0.3 is 6.18 Å². The first-order valence-corrected chi connectivity index (χ1v) is 5.42. The molecule has 17 heavy (non-hydrogen) atoms. The summed E-state index contributed by atoms with van der Waals surface area (Å²) in [6, 6.07) is 0. The van der Waals surface area contributed by atoms with Crippen molar-refractivity contribution >= 4 is 5.91 Å². The van der Waals surface area contributed by atoms with Gasteiger partial charge in [0.25, 0.3) is 0 Å². The van der Waals surface area contributed by atoms with Gasteiger partial charge in [0.05, 0.1) is 0 Å². The fourth-order valence-electron chi connectivity index (χ4n) is 1.43. The van der Waals surface area contributed by atoms with E-state index in [1.807, 2.05) is 13.8 Å². The Balaban J connectivity index is 3.83. The summed E-state index contributed by atoms with van der Waals surface area (Å²) in [5.41, 5.74) is 7.23. The second-order valence-electron chi connectivity index (χ2n) is 4.36. The van der Waals surface area contributed by atoms with Gasteiger partial charge in [-0.3, -0.25) is 9.63 Å². The first-order chi connectivity index (χ1) is 7.74. The highest BCUT2D eigenvalue weighted by Crippen LogP contribution is 2.15. The van der Waals surface area contributed by atoms with Crippen molar-refractivity contribution in [1.29, 1.82) is 0 Å². The molecule has 0 fully saturated rings. The number of amides is 1. The maximum Gasteiger partial charge on any atom is 0.414 e. The number of carbonyl (C=O) groups excluding carboxylic acids is 1. The summed E-state index contributed by atoms with van der Waals surface area (Å²) >= 11 is 0. The van der Waals surface area contributed by atoms with E-state index in [-0.39, 0.29) is 12.3 Å². The third kappa shape index (κ3) is 10.1. The number of halogens is 3. The highest BCUT2D eigenvalue weighted by atomic mass is 19.4. The normalized spacial score (nSPS) is 13.8. The van der Waals surface area contributed by atoms with Gasteiger partial charge in [0.2, 0.25) is 5.91 Å². The Kier molecular flexibility index (Phi) is 7.13. The van der Waals surface area contributed by atoms with Gasteiger partial charge in [0, 0.05) is 6.42 Å². The first-order valence-electron chi connectivity index (χ1n) is 5.42. The molecule has 0 aliphatic rings. The number of nitrogens with two attached hydrogens (primary N) is 1. The largest absolute Gasteiger partial charge is 0.414 e. The Bertz CT molecular complexity index is 232. The average Bonchev–Trinajstić information content (AvgIpc) is 2.13. The number of nitrogens with one attached hydrogen (secondary N) is 1. The number of carbonyl (C=O) groups is 1. The van der Waals surface area contributed by atoms with Crippen molar-refractivity contribution in [2.24, 2.45) is 17.6 Å². The summed E-state index contributed by atoms with van der Waals surface area (Å²) in [5.74, 6) is -0.234. The second kappa shape index (κ2) is 7.50. The molecule has 0 unspecified atom stereocenters. The zero-order valence-corrected chi connectivity index (χ0v) is 10.0. The zero-order chi connectivity index (χ0) is 13.5. The van der Waals surface area contributed by atoms with Crippen LogP contribution in [-0.2, 0) is 9.63 Å². The minimum absolute atomic E-state index is 0.0375. The summed E-state index contributed by atoms with van der Waals surface area (Å²) in [6.07, 6.45) is -3.62. The lowest BCUT2D eigenvalue weighted by molar-refractivity contribution is -0.191. The van der Waals surface area contributed by atoms with E-state index >= 15 is 0 Å². The molecule has 0 aromatic rings. The minimum atomic E-state index is -4.45. The van der Waals surface area contributed by atoms with Crippen molar-refractivity contribution in [1.82, 2.24) is 5.48 Å². The predicted octanol–water partition coefficient (Wildman–Crippen LogP) is 1.61. The smallest absolute Gasteiger partial charge is 0.330 e. The Morgan fingerprint density at radius 1 is 1.41 bits per heavy atom. The summed E-state index contributed by atoms with van der Waals surface area (Å²) in [4.78, 5) is 15.3. The van der Waals surface area contributed by atoms with Crippen LogP contribution >= 0.6 is 0 Å². The van der Waals surface area contributed by atoms with Crippen LogP contribution < -0.4 is 11.2 Å². The molecule has 0 saturated heterocycles. The molecule has 0 aromatic heterocycles. The fourth-order valence-corrected chi connectivity index (χ4v) is 1.43. The lowest BCUT2D eigenvalue weighted by Crippen LogP contribution is -2.32. The molecule has 0 rings (SSSR count). The van der Waals surface area contributed by atoms with Crippen molar-refractivity contribution in [3.8, 4) is 0 Å². The van der Waals surface area contributed by atoms with Crippen LogP contribution in [0.15, 0.2) is 0 Å². The van der Waals surface area contributed by atoms with Crippen LogP contribution in [0.1, 0.15) is 26.7 Å². The standard InChI is InChI=1S/C10H19F3N2O2/c1-7(2)3-8(5-14)4-9(16)15-17-6-10(11,12)13/h7-8H,3-6,14H2,1-2H3,(H,15,16)/t8-/m0/s1. The topological polar surface area (TPSA) is 64.4 Å². The minimum Gasteiger partial charge on any atom is -0.330 e. The maximum absolute atomic E-state index is 11.7. The Morgan fingerprint density at radius 3 is 2.41 bits per heavy atom. The van der Waals surface area contributed by atoms with Gasteiger partial charge in [0.15, 0.2) is 6.61 Å². The van der Waals surface area contributed by atoms with Gasteiger partial charge < -0.3 is 5.73 Å². The van der Waals surface area contributed by atoms with Gasteiger partial charge in [0.1, 0.15) is 0 Å². The maximum atomic E-state index is 11.7. The number of alkyl halides is 3. The molecule has 1 amide bonds. The summed E-state index contributed by atoms with van der Waals surface area (Å²) in [7, 11) is 0. The second-order valence-corrected chi connectivity index (χ2v) is 4.36. The molecule has 4 nitrogen and oxygen atoms in total. The molecule has 102 valence electrons. The molecule has 0 aliphatic carbocycles. The van der Waals surface area contributed by atoms with Crippen LogP contribution in [0, 0.1) is 11.8 Å². The Hall–Kier alpha value is -0.820. The monoisotopic (exact) mass is 256 g/mol. The summed E-state index contributed by atoms with van der Waals surface area (Å²) < 4.78 is 35.1. The van der Waals surface area contributed by atoms with E-state index in [0.29, 0.717) is 12.5 Å². The summed E-state index contributed by atoms with van der Waals surface area (Å²) in [5, 5.41) is 0. The highest BCUT2D eigenvalue weighted by Gasteiger charge is 2.28. The van der Waals surface area contributed by atoms with E-state index in [4.69, 9.17) is 5.73 Å². The molecule has 7 heteroatoms. The van der Waals surface area contributed by atoms with Crippen LogP contribution in [0.4, 0.5) is 13.2 Å². The van der Waals surface area contributed by atoms with Crippen LogP contribution in [0.5, 0.6) is 0 Å². The lowest BCUT2D eigenvalue weighted by Gasteiger charge is -2.16. The fraction of sp³-hybridized carbons (Fsp3) is 0.900. The van der Waals surface area contributed by atoms with Crippen molar-refractivity contribution in [3.63, 3.8) is 0 Å². The number of hydrogen-bond donors (Lipinski definition) is 2. The molecule has 0 spiro atoms. The Labute approximate surface area is 98.6 Å². The van der Waals surface area contributed by atoms with Crippen LogP contribution in [0.3, 0.4) is 0 Å². The van der Waals surface area contributed by atoms with Gasteiger partial charge in [-0.15, -0.1) is 0 Å². The molecule has 0 saturated carbocycles. The van der Waals surface area contributed by atoms with E-state index in [1.165, 1.54) is 0 Å². The molecule has 0 bridgehead atoms. The molecule has 0 aliphatic heterocycles. The quantitative estimate of drug-likeness (QED) is 0.680. The van der Waals surface area contributed by atoms with Crippen molar-refractivity contribution in [3.05, 3.63) is 0 Å².